The van der Waals surface area contributed by atoms with Gasteiger partial charge in [0.2, 0.25) is 0 Å². The third-order valence-electron chi connectivity index (χ3n) is 6.30. The van der Waals surface area contributed by atoms with Gasteiger partial charge in [-0.2, -0.15) is 13.2 Å². The molecule has 0 radical (unpaired) electrons. The SMILES string of the molecule is CC(C)CC(N)B1O[C@@H]2C[C@@H]3C[C@@H](C3(C)C)[C@]2(C)O1.O=C(O)C(F)(F)F. The highest BCUT2D eigenvalue weighted by Crippen LogP contribution is 2.65. The molecule has 0 amide bonds. The highest BCUT2D eigenvalue weighted by atomic mass is 19.4. The quantitative estimate of drug-likeness (QED) is 0.736. The van der Waals surface area contributed by atoms with E-state index in [1.165, 1.54) is 6.42 Å². The second-order valence-electron chi connectivity index (χ2n) is 8.93. The van der Waals surface area contributed by atoms with Gasteiger partial charge in [-0.05, 0) is 49.4 Å². The molecule has 4 fully saturated rings. The molecule has 1 heterocycles. The van der Waals surface area contributed by atoms with Crippen molar-refractivity contribution in [3.8, 4) is 0 Å². The molecule has 4 aliphatic rings. The molecule has 26 heavy (non-hydrogen) atoms. The van der Waals surface area contributed by atoms with Gasteiger partial charge in [0.1, 0.15) is 0 Å². The minimum atomic E-state index is -5.08. The van der Waals surface area contributed by atoms with Gasteiger partial charge in [-0.15, -0.1) is 0 Å². The van der Waals surface area contributed by atoms with Gasteiger partial charge in [0.15, 0.2) is 0 Å². The van der Waals surface area contributed by atoms with Crippen LogP contribution < -0.4 is 5.73 Å². The Kier molecular flexibility index (Phi) is 5.77. The maximum atomic E-state index is 10.6. The lowest BCUT2D eigenvalue weighted by Crippen LogP contribution is -2.65. The monoisotopic (exact) mass is 379 g/mol. The number of carboxylic acid groups (broad SMARTS) is 1. The van der Waals surface area contributed by atoms with Crippen LogP contribution in [0.3, 0.4) is 0 Å². The van der Waals surface area contributed by atoms with Gasteiger partial charge in [0.05, 0.1) is 11.7 Å². The first-order valence-electron chi connectivity index (χ1n) is 9.08. The van der Waals surface area contributed by atoms with Crippen molar-refractivity contribution in [1.29, 1.82) is 0 Å². The van der Waals surface area contributed by atoms with Crippen LogP contribution in [-0.2, 0) is 14.1 Å². The Morgan fingerprint density at radius 3 is 2.27 bits per heavy atom. The van der Waals surface area contributed by atoms with E-state index < -0.39 is 12.1 Å². The molecule has 3 saturated carbocycles. The molecule has 4 rings (SSSR count). The topological polar surface area (TPSA) is 81.8 Å². The van der Waals surface area contributed by atoms with Gasteiger partial charge in [-0.25, -0.2) is 4.79 Å². The zero-order chi connectivity index (χ0) is 20.1. The molecule has 3 aliphatic carbocycles. The highest BCUT2D eigenvalue weighted by molar-refractivity contribution is 6.47. The van der Waals surface area contributed by atoms with E-state index in [1.807, 2.05) is 0 Å². The minimum Gasteiger partial charge on any atom is -0.475 e. The lowest BCUT2D eigenvalue weighted by atomic mass is 9.43. The zero-order valence-corrected chi connectivity index (χ0v) is 16.0. The highest BCUT2D eigenvalue weighted by Gasteiger charge is 2.68. The first-order valence-corrected chi connectivity index (χ1v) is 9.08. The molecule has 1 saturated heterocycles. The molecule has 9 heteroatoms. The molecule has 5 atom stereocenters. The van der Waals surface area contributed by atoms with Gasteiger partial charge in [0, 0.05) is 5.94 Å². The van der Waals surface area contributed by atoms with Gasteiger partial charge in [-0.3, -0.25) is 0 Å². The molecule has 150 valence electrons. The van der Waals surface area contributed by atoms with E-state index in [-0.39, 0.29) is 24.8 Å². The van der Waals surface area contributed by atoms with E-state index in [0.29, 0.717) is 17.3 Å². The van der Waals surface area contributed by atoms with E-state index in [2.05, 4.69) is 34.6 Å². The molecule has 2 bridgehead atoms. The van der Waals surface area contributed by atoms with Crippen LogP contribution in [0.25, 0.3) is 0 Å². The molecule has 3 N–H and O–H groups in total. The molecule has 1 aliphatic heterocycles. The van der Waals surface area contributed by atoms with Gasteiger partial charge < -0.3 is 20.1 Å². The number of nitrogens with two attached hydrogens (primary N) is 1. The normalized spacial score (nSPS) is 35.9. The number of rotatable bonds is 3. The standard InChI is InChI=1S/C15H28BNO2.C2HF3O2/c1-9(2)6-13(17)16-18-12-8-10-7-11(14(10,3)4)15(12,5)19-16;3-2(4,5)1(6)7/h9-13H,6-8,17H2,1-5H3;(H,6,7)/t10-,11-,12+,13?,15-;/m0./s1. The lowest BCUT2D eigenvalue weighted by Gasteiger charge is -2.64. The third-order valence-corrected chi connectivity index (χ3v) is 6.30. The van der Waals surface area contributed by atoms with E-state index in [0.717, 1.165) is 18.8 Å². The van der Waals surface area contributed by atoms with E-state index in [1.54, 1.807) is 0 Å². The van der Waals surface area contributed by atoms with Crippen molar-refractivity contribution in [2.24, 2.45) is 28.9 Å². The van der Waals surface area contributed by atoms with Crippen LogP contribution in [0.15, 0.2) is 0 Å². The fourth-order valence-electron chi connectivity index (χ4n) is 4.74. The lowest BCUT2D eigenvalue weighted by molar-refractivity contribution is -0.199. The van der Waals surface area contributed by atoms with Crippen molar-refractivity contribution in [1.82, 2.24) is 0 Å². The Morgan fingerprint density at radius 2 is 1.85 bits per heavy atom. The summed E-state index contributed by atoms with van der Waals surface area (Å²) < 4.78 is 44.3. The Hall–Kier alpha value is -0.795. The number of aliphatic carboxylic acids is 1. The van der Waals surface area contributed by atoms with Crippen molar-refractivity contribution in [3.05, 3.63) is 0 Å². The smallest absolute Gasteiger partial charge is 0.475 e. The second-order valence-corrected chi connectivity index (χ2v) is 8.93. The summed E-state index contributed by atoms with van der Waals surface area (Å²) in [7, 11) is -0.201. The molecular weight excluding hydrogens is 350 g/mol. The number of hydrogen-bond acceptors (Lipinski definition) is 4. The Morgan fingerprint density at radius 1 is 1.31 bits per heavy atom. The van der Waals surface area contributed by atoms with Crippen molar-refractivity contribution in [2.45, 2.75) is 77.7 Å². The molecule has 0 aromatic heterocycles. The van der Waals surface area contributed by atoms with Gasteiger partial charge in [-0.1, -0.05) is 27.7 Å². The van der Waals surface area contributed by atoms with E-state index in [4.69, 9.17) is 24.9 Å². The summed E-state index contributed by atoms with van der Waals surface area (Å²) in [5.41, 5.74) is 6.56. The van der Waals surface area contributed by atoms with Crippen LogP contribution in [-0.4, -0.2) is 42.0 Å². The molecule has 0 aromatic carbocycles. The number of carbonyl (C=O) groups is 1. The number of hydrogen-bond donors (Lipinski definition) is 2. The predicted molar refractivity (Wildman–Crippen MR) is 91.2 cm³/mol. The van der Waals surface area contributed by atoms with Crippen LogP contribution in [0.2, 0.25) is 0 Å². The second kappa shape index (κ2) is 6.98. The summed E-state index contributed by atoms with van der Waals surface area (Å²) in [6.45, 7) is 11.4. The first kappa shape index (κ1) is 21.5. The molecule has 0 spiro atoms. The number of carboxylic acids is 1. The summed E-state index contributed by atoms with van der Waals surface area (Å²) in [6.07, 6.45) is -1.42. The van der Waals surface area contributed by atoms with Crippen molar-refractivity contribution in [2.75, 3.05) is 0 Å². The van der Waals surface area contributed by atoms with E-state index in [9.17, 15) is 13.2 Å². The zero-order valence-electron chi connectivity index (χ0n) is 16.0. The largest absolute Gasteiger partial charge is 0.490 e. The molecule has 1 unspecified atom stereocenters. The maximum Gasteiger partial charge on any atom is 0.490 e. The maximum absolute atomic E-state index is 10.6. The van der Waals surface area contributed by atoms with Crippen molar-refractivity contribution < 1.29 is 32.4 Å². The summed E-state index contributed by atoms with van der Waals surface area (Å²) in [4.78, 5) is 8.90. The first-order chi connectivity index (χ1) is 11.7. The Balaban J connectivity index is 0.000000298. The van der Waals surface area contributed by atoms with Gasteiger partial charge in [0.25, 0.3) is 0 Å². The Labute approximate surface area is 152 Å². The van der Waals surface area contributed by atoms with Gasteiger partial charge >= 0.3 is 19.3 Å². The summed E-state index contributed by atoms with van der Waals surface area (Å²) in [6, 6.07) is 0. The molecular formula is C17H29BF3NO4. The van der Waals surface area contributed by atoms with Crippen LogP contribution in [0.4, 0.5) is 13.2 Å². The Bertz CT molecular complexity index is 543. The third kappa shape index (κ3) is 3.89. The van der Waals surface area contributed by atoms with Crippen LogP contribution in [0.1, 0.15) is 53.9 Å². The summed E-state index contributed by atoms with van der Waals surface area (Å²) >= 11 is 0. The number of alkyl halides is 3. The fourth-order valence-corrected chi connectivity index (χ4v) is 4.74. The summed E-state index contributed by atoms with van der Waals surface area (Å²) in [5, 5.41) is 7.12. The van der Waals surface area contributed by atoms with E-state index >= 15 is 0 Å². The number of halogens is 3. The van der Waals surface area contributed by atoms with Crippen molar-refractivity contribution >= 4 is 13.1 Å². The average Bonchev–Trinajstić information content (AvgIpc) is 2.83. The van der Waals surface area contributed by atoms with Crippen LogP contribution in [0.5, 0.6) is 0 Å². The minimum absolute atomic E-state index is 0.00253. The van der Waals surface area contributed by atoms with Crippen LogP contribution in [0, 0.1) is 23.2 Å². The van der Waals surface area contributed by atoms with Crippen LogP contribution >= 0.6 is 0 Å². The van der Waals surface area contributed by atoms with Crippen molar-refractivity contribution in [3.63, 3.8) is 0 Å². The average molecular weight is 379 g/mol. The summed E-state index contributed by atoms with van der Waals surface area (Å²) in [5.74, 6) is -0.739. The predicted octanol–water partition coefficient (Wildman–Crippen LogP) is 3.26. The molecule has 5 nitrogen and oxygen atoms in total. The fraction of sp³-hybridized carbons (Fsp3) is 0.941. The molecule has 0 aromatic rings.